The van der Waals surface area contributed by atoms with Crippen molar-refractivity contribution >= 4 is 10.2 Å². The Morgan fingerprint density at radius 2 is 1.45 bits per heavy atom. The molecule has 2 aromatic rings. The van der Waals surface area contributed by atoms with Crippen molar-refractivity contribution in [1.82, 2.24) is 0 Å². The highest BCUT2D eigenvalue weighted by Crippen LogP contribution is 3.02. The maximum Gasteiger partial charge on any atom is 0.400 e. The standard InChI is InChI=1S/C29H31F11O3S/c1-2-3-4-18-5-14-26(41-17-18)19-6-8-20(9-7-19)28(32,33)42-22-12-10-21(11-13-22)29(34,35)43-23-15-24(30)27(25(31)16-23)44(36,37,38,39)40/h2,6-9,15-16,18,21-22,26H,1,3-5,10-14,17H2. The quantitative estimate of drug-likeness (QED) is 0.176. The first-order chi connectivity index (χ1) is 20.2. The maximum absolute atomic E-state index is 14.9. The summed E-state index contributed by atoms with van der Waals surface area (Å²) in [5.41, 5.74) is 0.285. The predicted molar refractivity (Wildman–Crippen MR) is 141 cm³/mol. The lowest BCUT2D eigenvalue weighted by molar-refractivity contribution is -0.284. The molecule has 4 rings (SSSR count). The molecule has 1 saturated carbocycles. The highest BCUT2D eigenvalue weighted by atomic mass is 32.5. The molecule has 248 valence electrons. The Labute approximate surface area is 247 Å². The molecule has 0 N–H and O–H groups in total. The molecule has 1 heterocycles. The largest absolute Gasteiger partial charge is 0.432 e. The number of halogens is 11. The molecular weight excluding hydrogens is 637 g/mol. The minimum atomic E-state index is -10.8. The summed E-state index contributed by atoms with van der Waals surface area (Å²) in [7, 11) is -10.8. The van der Waals surface area contributed by atoms with Crippen molar-refractivity contribution in [2.75, 3.05) is 6.61 Å². The summed E-state index contributed by atoms with van der Waals surface area (Å²) in [6.07, 6.45) is -5.43. The smallest absolute Gasteiger partial charge is 0.400 e. The average molecular weight is 669 g/mol. The van der Waals surface area contributed by atoms with E-state index in [0.717, 1.165) is 31.2 Å². The first-order valence-electron chi connectivity index (χ1n) is 13.9. The molecule has 2 aromatic carbocycles. The molecule has 1 saturated heterocycles. The summed E-state index contributed by atoms with van der Waals surface area (Å²) < 4.78 is 166. The summed E-state index contributed by atoms with van der Waals surface area (Å²) in [6, 6.07) is 4.63. The summed E-state index contributed by atoms with van der Waals surface area (Å²) in [5, 5.41) is 0. The van der Waals surface area contributed by atoms with E-state index in [4.69, 9.17) is 9.47 Å². The topological polar surface area (TPSA) is 27.7 Å². The Hall–Kier alpha value is -2.52. The zero-order valence-electron chi connectivity index (χ0n) is 23.2. The zero-order chi connectivity index (χ0) is 32.6. The number of benzene rings is 2. The van der Waals surface area contributed by atoms with Crippen LogP contribution in [0.25, 0.3) is 0 Å². The number of hydrogen-bond donors (Lipinski definition) is 0. The molecule has 0 amide bonds. The minimum Gasteiger partial charge on any atom is -0.432 e. The van der Waals surface area contributed by atoms with Crippen LogP contribution < -0.4 is 4.74 Å². The van der Waals surface area contributed by atoms with Gasteiger partial charge in [0, 0.05) is 12.1 Å². The van der Waals surface area contributed by atoms with Crippen molar-refractivity contribution < 1.29 is 60.0 Å². The van der Waals surface area contributed by atoms with E-state index in [1.54, 1.807) is 0 Å². The van der Waals surface area contributed by atoms with Crippen molar-refractivity contribution in [3.63, 3.8) is 0 Å². The molecule has 0 bridgehead atoms. The van der Waals surface area contributed by atoms with Crippen LogP contribution in [0.15, 0.2) is 53.9 Å². The summed E-state index contributed by atoms with van der Waals surface area (Å²) in [5.74, 6) is -8.36. The van der Waals surface area contributed by atoms with Crippen LogP contribution >= 0.6 is 10.2 Å². The van der Waals surface area contributed by atoms with Gasteiger partial charge in [-0.05, 0) is 75.0 Å². The first-order valence-corrected chi connectivity index (χ1v) is 15.8. The van der Waals surface area contributed by atoms with Gasteiger partial charge in [-0.1, -0.05) is 37.6 Å². The van der Waals surface area contributed by atoms with Crippen LogP contribution in [0.4, 0.5) is 45.8 Å². The molecule has 0 aromatic heterocycles. The molecule has 44 heavy (non-hydrogen) atoms. The van der Waals surface area contributed by atoms with E-state index >= 15 is 0 Å². The van der Waals surface area contributed by atoms with Crippen LogP contribution in [-0.4, -0.2) is 18.8 Å². The van der Waals surface area contributed by atoms with Crippen molar-refractivity contribution in [3.8, 4) is 5.75 Å². The summed E-state index contributed by atoms with van der Waals surface area (Å²) in [6.45, 7) is 4.26. The molecule has 2 fully saturated rings. The monoisotopic (exact) mass is 668 g/mol. The van der Waals surface area contributed by atoms with E-state index in [1.807, 2.05) is 6.08 Å². The van der Waals surface area contributed by atoms with Gasteiger partial charge in [-0.2, -0.15) is 17.6 Å². The molecular formula is C29H31F11O3S. The maximum atomic E-state index is 14.9. The van der Waals surface area contributed by atoms with Gasteiger partial charge in [-0.3, -0.25) is 0 Å². The van der Waals surface area contributed by atoms with E-state index in [-0.39, 0.29) is 18.9 Å². The molecule has 2 aliphatic rings. The van der Waals surface area contributed by atoms with Crippen LogP contribution in [0.1, 0.15) is 68.6 Å². The lowest BCUT2D eigenvalue weighted by Gasteiger charge is -2.40. The van der Waals surface area contributed by atoms with Gasteiger partial charge < -0.3 is 14.2 Å². The highest BCUT2D eigenvalue weighted by molar-refractivity contribution is 8.45. The normalized spacial score (nSPS) is 25.2. The SMILES string of the molecule is C=CCCC1CCC(c2ccc(C(F)(F)OC3CCC(C(F)(F)Oc4cc(F)c(S(F)(F)(F)(F)F)c(F)c4)CC3)cc2)OC1. The lowest BCUT2D eigenvalue weighted by atomic mass is 9.86. The number of allylic oxidation sites excluding steroid dienone is 1. The molecule has 3 nitrogen and oxygen atoms in total. The van der Waals surface area contributed by atoms with Crippen LogP contribution in [-0.2, 0) is 15.6 Å². The second kappa shape index (κ2) is 11.7. The third kappa shape index (κ3) is 8.39. The van der Waals surface area contributed by atoms with Gasteiger partial charge in [0.1, 0.15) is 5.75 Å². The van der Waals surface area contributed by atoms with Gasteiger partial charge >= 0.3 is 22.4 Å². The number of hydrogen-bond acceptors (Lipinski definition) is 3. The molecule has 1 aliphatic heterocycles. The van der Waals surface area contributed by atoms with Crippen LogP contribution in [0, 0.1) is 23.5 Å². The second-order valence-electron chi connectivity index (χ2n) is 11.2. The summed E-state index contributed by atoms with van der Waals surface area (Å²) in [4.78, 5) is -3.47. The second-order valence-corrected chi connectivity index (χ2v) is 13.6. The summed E-state index contributed by atoms with van der Waals surface area (Å²) >= 11 is 0. The lowest BCUT2D eigenvalue weighted by Crippen LogP contribution is -2.39. The van der Waals surface area contributed by atoms with E-state index < -0.39 is 87.3 Å². The van der Waals surface area contributed by atoms with Crippen molar-refractivity contribution in [2.45, 2.75) is 80.7 Å². The average Bonchev–Trinajstić information content (AvgIpc) is 2.90. The Balaban J connectivity index is 1.32. The fourth-order valence-electron chi connectivity index (χ4n) is 5.54. The minimum absolute atomic E-state index is 0.226. The third-order valence-corrected chi connectivity index (χ3v) is 9.00. The van der Waals surface area contributed by atoms with Crippen molar-refractivity contribution in [2.24, 2.45) is 11.8 Å². The predicted octanol–water partition coefficient (Wildman–Crippen LogP) is 11.4. The number of ether oxygens (including phenoxy) is 3. The van der Waals surface area contributed by atoms with Gasteiger partial charge in [0.2, 0.25) is 0 Å². The van der Waals surface area contributed by atoms with Crippen molar-refractivity contribution in [1.29, 1.82) is 0 Å². The fraction of sp³-hybridized carbons (Fsp3) is 0.517. The van der Waals surface area contributed by atoms with Crippen molar-refractivity contribution in [3.05, 3.63) is 71.8 Å². The van der Waals surface area contributed by atoms with E-state index in [0.29, 0.717) is 12.5 Å². The van der Waals surface area contributed by atoms with E-state index in [2.05, 4.69) is 11.3 Å². The molecule has 0 spiro atoms. The Bertz CT molecular complexity index is 1290. The molecule has 15 heteroatoms. The van der Waals surface area contributed by atoms with E-state index in [1.165, 1.54) is 24.3 Å². The fourth-order valence-corrected chi connectivity index (χ4v) is 6.40. The van der Waals surface area contributed by atoms with Gasteiger partial charge in [0.25, 0.3) is 0 Å². The Morgan fingerprint density at radius 3 is 1.95 bits per heavy atom. The first kappa shape index (κ1) is 34.4. The van der Waals surface area contributed by atoms with Crippen LogP contribution in [0.5, 0.6) is 5.75 Å². The van der Waals surface area contributed by atoms with E-state index in [9.17, 15) is 45.8 Å². The molecule has 0 radical (unpaired) electrons. The van der Waals surface area contributed by atoms with Gasteiger partial charge in [0.15, 0.2) is 16.5 Å². The number of alkyl halides is 4. The number of rotatable bonds is 11. The van der Waals surface area contributed by atoms with Gasteiger partial charge in [-0.25, -0.2) is 8.78 Å². The third-order valence-electron chi connectivity index (χ3n) is 7.84. The molecule has 2 atom stereocenters. The van der Waals surface area contributed by atoms with Crippen LogP contribution in [0.2, 0.25) is 0 Å². The van der Waals surface area contributed by atoms with Crippen LogP contribution in [0.3, 0.4) is 0 Å². The van der Waals surface area contributed by atoms with Gasteiger partial charge in [0.05, 0.1) is 30.3 Å². The molecule has 1 aliphatic carbocycles. The Morgan fingerprint density at radius 1 is 0.864 bits per heavy atom. The Kier molecular flexibility index (Phi) is 9.12. The highest BCUT2D eigenvalue weighted by Gasteiger charge is 2.69. The zero-order valence-corrected chi connectivity index (χ0v) is 24.0. The molecule has 2 unspecified atom stereocenters. The van der Waals surface area contributed by atoms with Gasteiger partial charge in [-0.15, -0.1) is 6.58 Å².